The number of rotatable bonds is 6. The first kappa shape index (κ1) is 13.5. The molecule has 2 heterocycles. The molecule has 0 atom stereocenters. The molecule has 0 amide bonds. The Hall–Kier alpha value is -0.910. The number of thiazole rings is 1. The molecule has 0 unspecified atom stereocenters. The highest BCUT2D eigenvalue weighted by Crippen LogP contribution is 2.24. The van der Waals surface area contributed by atoms with Crippen LogP contribution in [0.1, 0.15) is 19.0 Å². The van der Waals surface area contributed by atoms with Crippen LogP contribution >= 0.6 is 22.9 Å². The van der Waals surface area contributed by atoms with Crippen LogP contribution in [0.15, 0.2) is 11.6 Å². The predicted octanol–water partition coefficient (Wildman–Crippen LogP) is 2.74. The molecule has 0 radical (unpaired) electrons. The Labute approximate surface area is 116 Å². The van der Waals surface area contributed by atoms with E-state index in [0.717, 1.165) is 42.5 Å². The van der Waals surface area contributed by atoms with Crippen molar-refractivity contribution in [2.75, 3.05) is 13.1 Å². The molecule has 98 valence electrons. The van der Waals surface area contributed by atoms with Gasteiger partial charge in [0.1, 0.15) is 5.15 Å². The van der Waals surface area contributed by atoms with Crippen molar-refractivity contribution in [1.29, 1.82) is 0 Å². The molecule has 0 fully saturated rings. The molecule has 18 heavy (non-hydrogen) atoms. The highest BCUT2D eigenvalue weighted by molar-refractivity contribution is 7.13. The Morgan fingerprint density at radius 2 is 2.28 bits per heavy atom. The van der Waals surface area contributed by atoms with E-state index in [4.69, 9.17) is 11.6 Å². The van der Waals surface area contributed by atoms with Gasteiger partial charge in [0.2, 0.25) is 0 Å². The minimum Gasteiger partial charge on any atom is -0.316 e. The average Bonchev–Trinajstić information content (AvgIpc) is 2.94. The minimum absolute atomic E-state index is 0.631. The maximum absolute atomic E-state index is 5.97. The molecule has 4 nitrogen and oxygen atoms in total. The number of imidazole rings is 1. The van der Waals surface area contributed by atoms with Crippen LogP contribution in [0.25, 0.3) is 10.8 Å². The van der Waals surface area contributed by atoms with Crippen molar-refractivity contribution in [2.24, 2.45) is 7.05 Å². The zero-order chi connectivity index (χ0) is 13.0. The molecule has 0 aliphatic heterocycles. The van der Waals surface area contributed by atoms with Gasteiger partial charge in [-0.3, -0.25) is 0 Å². The predicted molar refractivity (Wildman–Crippen MR) is 76.2 cm³/mol. The Morgan fingerprint density at radius 3 is 2.94 bits per heavy atom. The van der Waals surface area contributed by atoms with Crippen LogP contribution in [0.3, 0.4) is 0 Å². The van der Waals surface area contributed by atoms with E-state index in [1.165, 1.54) is 0 Å². The molecule has 2 aromatic heterocycles. The molecule has 0 bridgehead atoms. The molecule has 1 N–H and O–H groups in total. The van der Waals surface area contributed by atoms with E-state index in [9.17, 15) is 0 Å². The van der Waals surface area contributed by atoms with Crippen LogP contribution in [-0.4, -0.2) is 27.6 Å². The quantitative estimate of drug-likeness (QED) is 0.830. The summed E-state index contributed by atoms with van der Waals surface area (Å²) in [5.74, 6) is 0.831. The summed E-state index contributed by atoms with van der Waals surface area (Å²) >= 11 is 7.58. The van der Waals surface area contributed by atoms with E-state index >= 15 is 0 Å². The van der Waals surface area contributed by atoms with Crippen LogP contribution in [0.5, 0.6) is 0 Å². The summed E-state index contributed by atoms with van der Waals surface area (Å²) in [7, 11) is 1.90. The first-order valence-corrected chi connectivity index (χ1v) is 7.30. The van der Waals surface area contributed by atoms with E-state index in [1.807, 2.05) is 11.6 Å². The zero-order valence-electron chi connectivity index (χ0n) is 10.6. The topological polar surface area (TPSA) is 42.7 Å². The summed E-state index contributed by atoms with van der Waals surface area (Å²) in [6, 6.07) is 0. The lowest BCUT2D eigenvalue weighted by Gasteiger charge is -2.00. The molecule has 0 saturated heterocycles. The van der Waals surface area contributed by atoms with Gasteiger partial charge in [-0.15, -0.1) is 11.3 Å². The van der Waals surface area contributed by atoms with Crippen molar-refractivity contribution in [1.82, 2.24) is 19.9 Å². The highest BCUT2D eigenvalue weighted by Gasteiger charge is 2.11. The fraction of sp³-hybridized carbons (Fsp3) is 0.500. The number of nitrogens with zero attached hydrogens (tertiary/aromatic N) is 3. The van der Waals surface area contributed by atoms with Crippen LogP contribution in [0.2, 0.25) is 5.15 Å². The molecular formula is C12H17ClN4S. The largest absolute Gasteiger partial charge is 0.316 e. The number of aromatic nitrogens is 3. The Morgan fingerprint density at radius 1 is 1.44 bits per heavy atom. The summed E-state index contributed by atoms with van der Waals surface area (Å²) in [6.07, 6.45) is 3.77. The van der Waals surface area contributed by atoms with Crippen molar-refractivity contribution >= 4 is 22.9 Å². The monoisotopic (exact) mass is 284 g/mol. The lowest BCUT2D eigenvalue weighted by Crippen LogP contribution is -2.17. The van der Waals surface area contributed by atoms with Gasteiger partial charge in [0.05, 0.1) is 11.9 Å². The highest BCUT2D eigenvalue weighted by atomic mass is 35.5. The molecule has 0 saturated carbocycles. The van der Waals surface area contributed by atoms with Gasteiger partial charge in [-0.1, -0.05) is 18.5 Å². The molecule has 6 heteroatoms. The van der Waals surface area contributed by atoms with Crippen molar-refractivity contribution in [3.05, 3.63) is 22.4 Å². The van der Waals surface area contributed by atoms with Gasteiger partial charge in [-0.05, 0) is 13.0 Å². The summed E-state index contributed by atoms with van der Waals surface area (Å²) < 4.78 is 1.85. The van der Waals surface area contributed by atoms with Gasteiger partial charge >= 0.3 is 0 Å². The van der Waals surface area contributed by atoms with Gasteiger partial charge in [0, 0.05) is 25.4 Å². The third kappa shape index (κ3) is 3.10. The van der Waals surface area contributed by atoms with Crippen molar-refractivity contribution < 1.29 is 0 Å². The van der Waals surface area contributed by atoms with Gasteiger partial charge in [0.15, 0.2) is 10.8 Å². The second kappa shape index (κ2) is 6.31. The molecule has 2 aromatic rings. The number of hydrogen-bond acceptors (Lipinski definition) is 4. The van der Waals surface area contributed by atoms with Crippen molar-refractivity contribution in [2.45, 2.75) is 19.8 Å². The fourth-order valence-corrected chi connectivity index (χ4v) is 2.64. The lowest BCUT2D eigenvalue weighted by atomic mass is 10.3. The molecule has 0 spiro atoms. The molecule has 0 aliphatic carbocycles. The van der Waals surface area contributed by atoms with Gasteiger partial charge in [0.25, 0.3) is 0 Å². The zero-order valence-corrected chi connectivity index (χ0v) is 12.2. The van der Waals surface area contributed by atoms with Crippen molar-refractivity contribution in [3.8, 4) is 10.8 Å². The second-order valence-electron chi connectivity index (χ2n) is 4.11. The van der Waals surface area contributed by atoms with E-state index < -0.39 is 0 Å². The third-order valence-corrected chi connectivity index (χ3v) is 3.90. The van der Waals surface area contributed by atoms with Crippen LogP contribution < -0.4 is 5.32 Å². The number of halogens is 1. The van der Waals surface area contributed by atoms with E-state index in [1.54, 1.807) is 17.5 Å². The third-order valence-electron chi connectivity index (χ3n) is 2.66. The van der Waals surface area contributed by atoms with E-state index in [2.05, 4.69) is 27.6 Å². The standard InChI is InChI=1S/C12H17ClN4S/c1-3-5-14-6-4-9-8-18-12(16-9)11-15-7-10(13)17(11)2/h7-8,14H,3-6H2,1-2H3. The lowest BCUT2D eigenvalue weighted by molar-refractivity contribution is 0.667. The maximum Gasteiger partial charge on any atom is 0.170 e. The first-order valence-electron chi connectivity index (χ1n) is 6.05. The minimum atomic E-state index is 0.631. The number of nitrogens with one attached hydrogen (secondary N) is 1. The second-order valence-corrected chi connectivity index (χ2v) is 5.35. The molecule has 0 aromatic carbocycles. The summed E-state index contributed by atoms with van der Waals surface area (Å²) in [5, 5.41) is 7.02. The molecule has 2 rings (SSSR count). The van der Waals surface area contributed by atoms with E-state index in [-0.39, 0.29) is 0 Å². The van der Waals surface area contributed by atoms with Crippen LogP contribution in [0.4, 0.5) is 0 Å². The Bertz CT molecular complexity index is 506. The maximum atomic E-state index is 5.97. The van der Waals surface area contributed by atoms with Gasteiger partial charge in [-0.2, -0.15) is 0 Å². The van der Waals surface area contributed by atoms with Crippen molar-refractivity contribution in [3.63, 3.8) is 0 Å². The SMILES string of the molecule is CCCNCCc1csc(-c2ncc(Cl)n2C)n1. The van der Waals surface area contributed by atoms with Crippen LogP contribution in [-0.2, 0) is 13.5 Å². The fourth-order valence-electron chi connectivity index (χ4n) is 1.63. The summed E-state index contributed by atoms with van der Waals surface area (Å²) in [5.41, 5.74) is 1.11. The first-order chi connectivity index (χ1) is 8.72. The molecule has 0 aliphatic rings. The normalized spacial score (nSPS) is 11.1. The van der Waals surface area contributed by atoms with Gasteiger partial charge in [-0.25, -0.2) is 9.97 Å². The smallest absolute Gasteiger partial charge is 0.170 e. The number of hydrogen-bond donors (Lipinski definition) is 1. The van der Waals surface area contributed by atoms with Gasteiger partial charge < -0.3 is 9.88 Å². The van der Waals surface area contributed by atoms with E-state index in [0.29, 0.717) is 5.15 Å². The summed E-state index contributed by atoms with van der Waals surface area (Å²) in [4.78, 5) is 8.86. The average molecular weight is 285 g/mol. The van der Waals surface area contributed by atoms with Crippen LogP contribution in [0, 0.1) is 0 Å². The molecular weight excluding hydrogens is 268 g/mol. The summed E-state index contributed by atoms with van der Waals surface area (Å²) in [6.45, 7) is 4.20. The Kier molecular flexibility index (Phi) is 4.74. The Balaban J connectivity index is 2.00.